The second-order valence-corrected chi connectivity index (χ2v) is 11.2. The highest BCUT2D eigenvalue weighted by Gasteiger charge is 2.37. The molecule has 0 aliphatic heterocycles. The van der Waals surface area contributed by atoms with Gasteiger partial charge in [-0.05, 0) is 79.5 Å². The minimum atomic E-state index is -0.174. The molecule has 0 radical (unpaired) electrons. The zero-order chi connectivity index (χ0) is 27.6. The first kappa shape index (κ1) is 23.6. The monoisotopic (exact) mass is 530 g/mol. The zero-order valence-electron chi connectivity index (χ0n) is 22.8. The smallest absolute Gasteiger partial charge is 0.181 e. The molecule has 2 heterocycles. The quantitative estimate of drug-likeness (QED) is 0.227. The van der Waals surface area contributed by atoms with Crippen molar-refractivity contribution in [1.29, 1.82) is 0 Å². The van der Waals surface area contributed by atoms with Crippen LogP contribution >= 0.6 is 0 Å². The second kappa shape index (κ2) is 8.90. The van der Waals surface area contributed by atoms with Crippen LogP contribution in [0.3, 0.4) is 0 Å². The molecule has 41 heavy (non-hydrogen) atoms. The molecule has 4 nitrogen and oxygen atoms in total. The van der Waals surface area contributed by atoms with Crippen molar-refractivity contribution in [3.8, 4) is 55.9 Å². The highest BCUT2D eigenvalue weighted by atomic mass is 16.3. The fraction of sp³-hybridized carbons (Fsp3) is 0.0811. The molecule has 1 aliphatic carbocycles. The summed E-state index contributed by atoms with van der Waals surface area (Å²) in [7, 11) is 0. The highest BCUT2D eigenvalue weighted by molar-refractivity contribution is 6.09. The summed E-state index contributed by atoms with van der Waals surface area (Å²) in [6.07, 6.45) is 6.33. The van der Waals surface area contributed by atoms with Crippen LogP contribution < -0.4 is 0 Å². The molecule has 0 N–H and O–H groups in total. The summed E-state index contributed by atoms with van der Waals surface area (Å²) < 4.78 is 10.5. The van der Waals surface area contributed by atoms with Crippen LogP contribution in [0.15, 0.2) is 131 Å². The van der Waals surface area contributed by atoms with E-state index in [0.29, 0.717) is 0 Å². The molecule has 0 amide bonds. The average molecular weight is 531 g/mol. The summed E-state index contributed by atoms with van der Waals surface area (Å²) in [6, 6.07) is 35.2. The molecule has 0 bridgehead atoms. The fourth-order valence-corrected chi connectivity index (χ4v) is 6.42. The molecular formula is C37H26N2O2. The maximum Gasteiger partial charge on any atom is 0.181 e. The lowest BCUT2D eigenvalue weighted by atomic mass is 9.80. The molecule has 0 unspecified atom stereocenters. The van der Waals surface area contributed by atoms with Crippen LogP contribution in [0.25, 0.3) is 66.7 Å². The Balaban J connectivity index is 1.30. The topological polar surface area (TPSA) is 52.1 Å². The van der Waals surface area contributed by atoms with E-state index in [1.807, 2.05) is 0 Å². The van der Waals surface area contributed by atoms with Crippen molar-refractivity contribution in [2.75, 3.05) is 0 Å². The highest BCUT2D eigenvalue weighted by Crippen LogP contribution is 2.54. The molecule has 0 fully saturated rings. The Labute approximate surface area is 238 Å². The van der Waals surface area contributed by atoms with Crippen LogP contribution in [-0.4, -0.2) is 9.97 Å². The van der Waals surface area contributed by atoms with Crippen molar-refractivity contribution in [3.63, 3.8) is 0 Å². The van der Waals surface area contributed by atoms with Crippen molar-refractivity contribution < 1.29 is 8.83 Å². The number of hydrogen-bond acceptors (Lipinski definition) is 4. The van der Waals surface area contributed by atoms with Gasteiger partial charge in [0.15, 0.2) is 12.8 Å². The third-order valence-electron chi connectivity index (χ3n) is 8.51. The zero-order valence-corrected chi connectivity index (χ0v) is 22.8. The number of fused-ring (bicyclic) bond motifs is 5. The Morgan fingerprint density at radius 2 is 1.12 bits per heavy atom. The van der Waals surface area contributed by atoms with Gasteiger partial charge in [0.25, 0.3) is 0 Å². The summed E-state index contributed by atoms with van der Waals surface area (Å²) in [6.45, 7) is 4.69. The summed E-state index contributed by atoms with van der Waals surface area (Å²) in [5.74, 6) is 0. The standard InChI is InChI=1S/C37H26N2O2/c1-37(2)32-17-24(23-7-5-9-26(15-23)34-19-40-21-38-34)13-14-30(32)36-29-12-4-3-11-28(29)31(18-33(36)37)25-8-6-10-27(16-25)35-20-41-22-39-35/h3-22H,1-2H3. The van der Waals surface area contributed by atoms with Gasteiger partial charge in [-0.15, -0.1) is 0 Å². The molecule has 0 saturated heterocycles. The summed E-state index contributed by atoms with van der Waals surface area (Å²) in [5.41, 5.74) is 13.7. The molecule has 0 spiro atoms. The van der Waals surface area contributed by atoms with E-state index in [4.69, 9.17) is 8.83 Å². The first-order valence-electron chi connectivity index (χ1n) is 13.8. The van der Waals surface area contributed by atoms with Crippen molar-refractivity contribution >= 4 is 10.8 Å². The van der Waals surface area contributed by atoms with E-state index >= 15 is 0 Å². The second-order valence-electron chi connectivity index (χ2n) is 11.2. The van der Waals surface area contributed by atoms with Crippen LogP contribution in [-0.2, 0) is 5.41 Å². The third kappa shape index (κ3) is 3.68. The lowest BCUT2D eigenvalue weighted by molar-refractivity contribution is 0.558. The van der Waals surface area contributed by atoms with Crippen molar-refractivity contribution in [3.05, 3.63) is 134 Å². The van der Waals surface area contributed by atoms with E-state index in [9.17, 15) is 0 Å². The Morgan fingerprint density at radius 3 is 1.80 bits per heavy atom. The van der Waals surface area contributed by atoms with Crippen LogP contribution in [0.2, 0.25) is 0 Å². The Hall–Kier alpha value is -5.22. The van der Waals surface area contributed by atoms with Crippen LogP contribution in [0.5, 0.6) is 0 Å². The van der Waals surface area contributed by atoms with E-state index in [1.165, 1.54) is 62.5 Å². The van der Waals surface area contributed by atoms with Crippen molar-refractivity contribution in [1.82, 2.24) is 9.97 Å². The average Bonchev–Trinajstić information content (AvgIpc) is 3.79. The fourth-order valence-electron chi connectivity index (χ4n) is 6.42. The lowest BCUT2D eigenvalue weighted by Crippen LogP contribution is -2.15. The Kier molecular flexibility index (Phi) is 5.13. The Bertz CT molecular complexity index is 2070. The molecule has 2 aromatic heterocycles. The van der Waals surface area contributed by atoms with Gasteiger partial charge in [-0.2, -0.15) is 0 Å². The predicted octanol–water partition coefficient (Wildman–Crippen LogP) is 9.79. The third-order valence-corrected chi connectivity index (χ3v) is 8.51. The van der Waals surface area contributed by atoms with Crippen LogP contribution in [0.4, 0.5) is 0 Å². The Morgan fingerprint density at radius 1 is 0.512 bits per heavy atom. The van der Waals surface area contributed by atoms with Gasteiger partial charge in [0.05, 0.1) is 0 Å². The normalized spacial score (nSPS) is 13.3. The van der Waals surface area contributed by atoms with E-state index in [1.54, 1.807) is 12.5 Å². The van der Waals surface area contributed by atoms with Crippen molar-refractivity contribution in [2.24, 2.45) is 0 Å². The number of oxazole rings is 2. The van der Waals surface area contributed by atoms with Gasteiger partial charge in [-0.1, -0.05) is 86.6 Å². The maximum atomic E-state index is 5.26. The number of aromatic nitrogens is 2. The summed E-state index contributed by atoms with van der Waals surface area (Å²) in [5, 5.41) is 2.52. The van der Waals surface area contributed by atoms with E-state index in [2.05, 4.69) is 121 Å². The van der Waals surface area contributed by atoms with E-state index in [-0.39, 0.29) is 5.41 Å². The first-order valence-corrected chi connectivity index (χ1v) is 13.8. The molecule has 5 aromatic carbocycles. The molecule has 8 rings (SSSR count). The number of rotatable bonds is 4. The van der Waals surface area contributed by atoms with Gasteiger partial charge in [-0.3, -0.25) is 0 Å². The van der Waals surface area contributed by atoms with Crippen molar-refractivity contribution in [2.45, 2.75) is 19.3 Å². The minimum Gasteiger partial charge on any atom is -0.451 e. The van der Waals surface area contributed by atoms with Gasteiger partial charge in [-0.25, -0.2) is 9.97 Å². The maximum absolute atomic E-state index is 5.26. The minimum absolute atomic E-state index is 0.174. The number of benzene rings is 5. The molecule has 0 saturated carbocycles. The number of hydrogen-bond donors (Lipinski definition) is 0. The van der Waals surface area contributed by atoms with E-state index in [0.717, 1.165) is 28.1 Å². The summed E-state index contributed by atoms with van der Waals surface area (Å²) in [4.78, 5) is 8.71. The first-order chi connectivity index (χ1) is 20.1. The van der Waals surface area contributed by atoms with Gasteiger partial charge in [0.1, 0.15) is 23.9 Å². The predicted molar refractivity (Wildman–Crippen MR) is 163 cm³/mol. The van der Waals surface area contributed by atoms with Gasteiger partial charge in [0, 0.05) is 16.5 Å². The SMILES string of the molecule is CC1(C)c2cc(-c3cccc(-c4cocn4)c3)ccc2-c2c1cc(-c1cccc(-c3cocn3)c1)c1ccccc21. The van der Waals surface area contributed by atoms with Gasteiger partial charge in [0.2, 0.25) is 0 Å². The van der Waals surface area contributed by atoms with Crippen LogP contribution in [0.1, 0.15) is 25.0 Å². The van der Waals surface area contributed by atoms with Gasteiger partial charge >= 0.3 is 0 Å². The largest absolute Gasteiger partial charge is 0.451 e. The summed E-state index contributed by atoms with van der Waals surface area (Å²) >= 11 is 0. The van der Waals surface area contributed by atoms with Gasteiger partial charge < -0.3 is 8.83 Å². The van der Waals surface area contributed by atoms with Crippen LogP contribution in [0, 0.1) is 0 Å². The number of nitrogens with zero attached hydrogens (tertiary/aromatic N) is 2. The lowest BCUT2D eigenvalue weighted by Gasteiger charge is -2.23. The molecule has 0 atom stereocenters. The molecule has 4 heteroatoms. The molecule has 196 valence electrons. The molecular weight excluding hydrogens is 504 g/mol. The molecule has 1 aliphatic rings. The van der Waals surface area contributed by atoms with E-state index < -0.39 is 0 Å². The molecule has 7 aromatic rings.